The van der Waals surface area contributed by atoms with Gasteiger partial charge < -0.3 is 4.90 Å². The van der Waals surface area contributed by atoms with E-state index in [9.17, 15) is 4.79 Å². The van der Waals surface area contributed by atoms with Crippen LogP contribution in [-0.2, 0) is 0 Å². The van der Waals surface area contributed by atoms with Crippen LogP contribution in [0.3, 0.4) is 0 Å². The van der Waals surface area contributed by atoms with Gasteiger partial charge in [0.25, 0.3) is 5.91 Å². The van der Waals surface area contributed by atoms with Crippen LogP contribution in [0.4, 0.5) is 0 Å². The molecule has 4 rings (SSSR count). The van der Waals surface area contributed by atoms with E-state index < -0.39 is 0 Å². The lowest BCUT2D eigenvalue weighted by Crippen LogP contribution is -2.39. The Morgan fingerprint density at radius 3 is 2.79 bits per heavy atom. The Kier molecular flexibility index (Phi) is 3.86. The van der Waals surface area contributed by atoms with E-state index in [2.05, 4.69) is 32.5 Å². The molecule has 2 aromatic heterocycles. The highest BCUT2D eigenvalue weighted by molar-refractivity contribution is 5.92. The van der Waals surface area contributed by atoms with E-state index in [1.807, 2.05) is 29.3 Å². The minimum absolute atomic E-state index is 0.0120. The molecular formula is C18H19N5O. The van der Waals surface area contributed by atoms with Crippen LogP contribution in [0.15, 0.2) is 48.8 Å². The van der Waals surface area contributed by atoms with Gasteiger partial charge in [0.05, 0.1) is 6.20 Å². The van der Waals surface area contributed by atoms with Gasteiger partial charge in [-0.2, -0.15) is 10.2 Å². The Bertz CT molecular complexity index is 809. The molecule has 0 unspecified atom stereocenters. The summed E-state index contributed by atoms with van der Waals surface area (Å²) >= 11 is 0. The summed E-state index contributed by atoms with van der Waals surface area (Å²) in [6.45, 7) is 1.48. The number of piperidine rings is 1. The molecule has 0 bridgehead atoms. The molecule has 2 N–H and O–H groups in total. The smallest absolute Gasteiger partial charge is 0.271 e. The Morgan fingerprint density at radius 2 is 2.00 bits per heavy atom. The zero-order chi connectivity index (χ0) is 16.4. The van der Waals surface area contributed by atoms with E-state index in [1.54, 1.807) is 12.3 Å². The molecule has 6 nitrogen and oxygen atoms in total. The first-order valence-electron chi connectivity index (χ1n) is 8.20. The monoisotopic (exact) mass is 321 g/mol. The normalized spacial score (nSPS) is 17.8. The fourth-order valence-corrected chi connectivity index (χ4v) is 3.40. The largest absolute Gasteiger partial charge is 0.337 e. The van der Waals surface area contributed by atoms with Gasteiger partial charge in [0, 0.05) is 36.5 Å². The summed E-state index contributed by atoms with van der Waals surface area (Å²) in [5, 5.41) is 14.0. The predicted molar refractivity (Wildman–Crippen MR) is 90.5 cm³/mol. The summed E-state index contributed by atoms with van der Waals surface area (Å²) in [5.74, 6) is 0.279. The van der Waals surface area contributed by atoms with Crippen LogP contribution in [0, 0.1) is 0 Å². The molecule has 0 radical (unpaired) electrons. The van der Waals surface area contributed by atoms with Crippen molar-refractivity contribution >= 4 is 5.91 Å². The fraction of sp³-hybridized carbons (Fsp3) is 0.278. The minimum Gasteiger partial charge on any atom is -0.337 e. The summed E-state index contributed by atoms with van der Waals surface area (Å²) in [4.78, 5) is 14.5. The van der Waals surface area contributed by atoms with Crippen molar-refractivity contribution in [1.29, 1.82) is 0 Å². The Balaban J connectivity index is 1.57. The number of aromatic amines is 2. The molecule has 1 atom stereocenters. The third kappa shape index (κ3) is 2.71. The van der Waals surface area contributed by atoms with Gasteiger partial charge in [0.2, 0.25) is 0 Å². The average molecular weight is 321 g/mol. The second kappa shape index (κ2) is 6.31. The van der Waals surface area contributed by atoms with Gasteiger partial charge in [0.15, 0.2) is 0 Å². The highest BCUT2D eigenvalue weighted by Crippen LogP contribution is 2.33. The number of nitrogens with one attached hydrogen (secondary N) is 2. The highest BCUT2D eigenvalue weighted by atomic mass is 16.2. The molecule has 1 aliphatic rings. The first-order chi connectivity index (χ1) is 11.8. The number of H-pyrrole nitrogens is 2. The number of rotatable bonds is 3. The number of hydrogen-bond donors (Lipinski definition) is 2. The van der Waals surface area contributed by atoms with Crippen molar-refractivity contribution in [1.82, 2.24) is 25.3 Å². The summed E-state index contributed by atoms with van der Waals surface area (Å²) in [6.07, 6.45) is 5.52. The molecule has 3 heterocycles. The van der Waals surface area contributed by atoms with Crippen LogP contribution in [0.25, 0.3) is 11.1 Å². The molecule has 3 aromatic rings. The van der Waals surface area contributed by atoms with E-state index in [0.717, 1.165) is 36.2 Å². The van der Waals surface area contributed by atoms with E-state index in [0.29, 0.717) is 12.2 Å². The topological polar surface area (TPSA) is 77.7 Å². The number of nitrogens with zero attached hydrogens (tertiary/aromatic N) is 3. The van der Waals surface area contributed by atoms with Gasteiger partial charge in [0.1, 0.15) is 5.69 Å². The number of carbonyl (C=O) groups is 1. The van der Waals surface area contributed by atoms with Crippen LogP contribution in [0.5, 0.6) is 0 Å². The van der Waals surface area contributed by atoms with Gasteiger partial charge in [-0.25, -0.2) is 0 Å². The van der Waals surface area contributed by atoms with Crippen LogP contribution in [0.1, 0.15) is 34.9 Å². The molecule has 0 spiro atoms. The lowest BCUT2D eigenvalue weighted by atomic mass is 9.90. The van der Waals surface area contributed by atoms with Gasteiger partial charge >= 0.3 is 0 Å². The van der Waals surface area contributed by atoms with Gasteiger partial charge in [-0.1, -0.05) is 30.3 Å². The molecule has 24 heavy (non-hydrogen) atoms. The molecular weight excluding hydrogens is 302 g/mol. The molecule has 0 aliphatic carbocycles. The van der Waals surface area contributed by atoms with Gasteiger partial charge in [-0.05, 0) is 24.5 Å². The second-order valence-electron chi connectivity index (χ2n) is 6.12. The van der Waals surface area contributed by atoms with Crippen LogP contribution in [0.2, 0.25) is 0 Å². The lowest BCUT2D eigenvalue weighted by molar-refractivity contribution is 0.0700. The molecule has 1 aliphatic heterocycles. The Morgan fingerprint density at radius 1 is 1.12 bits per heavy atom. The van der Waals surface area contributed by atoms with Crippen molar-refractivity contribution in [2.45, 2.75) is 18.8 Å². The summed E-state index contributed by atoms with van der Waals surface area (Å²) in [5.41, 5.74) is 3.93. The van der Waals surface area contributed by atoms with Crippen molar-refractivity contribution in [3.63, 3.8) is 0 Å². The van der Waals surface area contributed by atoms with Crippen LogP contribution in [-0.4, -0.2) is 44.3 Å². The van der Waals surface area contributed by atoms with E-state index >= 15 is 0 Å². The fourth-order valence-electron chi connectivity index (χ4n) is 3.40. The average Bonchev–Trinajstić information content (AvgIpc) is 3.34. The molecule has 1 saturated heterocycles. The third-order valence-electron chi connectivity index (χ3n) is 4.60. The number of carbonyl (C=O) groups excluding carboxylic acids is 1. The second-order valence-corrected chi connectivity index (χ2v) is 6.12. The third-order valence-corrected chi connectivity index (χ3v) is 4.60. The molecule has 1 amide bonds. The zero-order valence-electron chi connectivity index (χ0n) is 13.3. The number of likely N-dealkylation sites (tertiary alicyclic amines) is 1. The summed E-state index contributed by atoms with van der Waals surface area (Å²) in [6, 6.07) is 12.0. The van der Waals surface area contributed by atoms with Gasteiger partial charge in [-0.15, -0.1) is 0 Å². The zero-order valence-corrected chi connectivity index (χ0v) is 13.3. The first-order valence-corrected chi connectivity index (χ1v) is 8.20. The van der Waals surface area contributed by atoms with Crippen molar-refractivity contribution in [3.05, 3.63) is 60.2 Å². The maximum Gasteiger partial charge on any atom is 0.271 e. The quantitative estimate of drug-likeness (QED) is 0.778. The summed E-state index contributed by atoms with van der Waals surface area (Å²) < 4.78 is 0. The maximum absolute atomic E-state index is 12.6. The number of benzene rings is 1. The number of amides is 1. The van der Waals surface area contributed by atoms with E-state index in [4.69, 9.17) is 0 Å². The lowest BCUT2D eigenvalue weighted by Gasteiger charge is -2.32. The molecule has 1 aromatic carbocycles. The van der Waals surface area contributed by atoms with Crippen molar-refractivity contribution < 1.29 is 4.79 Å². The van der Waals surface area contributed by atoms with Gasteiger partial charge in [-0.3, -0.25) is 15.0 Å². The van der Waals surface area contributed by atoms with E-state index in [-0.39, 0.29) is 11.8 Å². The highest BCUT2D eigenvalue weighted by Gasteiger charge is 2.28. The minimum atomic E-state index is 0.0120. The molecule has 0 saturated carbocycles. The first kappa shape index (κ1) is 14.7. The predicted octanol–water partition coefficient (Wildman–Crippen LogP) is 2.82. The Hall–Kier alpha value is -2.89. The van der Waals surface area contributed by atoms with Crippen LogP contribution >= 0.6 is 0 Å². The van der Waals surface area contributed by atoms with Crippen molar-refractivity contribution in [2.24, 2.45) is 0 Å². The number of hydrogen-bond acceptors (Lipinski definition) is 3. The SMILES string of the molecule is O=C(c1ccn[nH]1)N1CCC[C@H](c2[nH]ncc2-c2ccccc2)C1. The Labute approximate surface area is 139 Å². The van der Waals surface area contributed by atoms with Crippen LogP contribution < -0.4 is 0 Å². The van der Waals surface area contributed by atoms with Crippen molar-refractivity contribution in [2.75, 3.05) is 13.1 Å². The molecule has 122 valence electrons. The summed E-state index contributed by atoms with van der Waals surface area (Å²) in [7, 11) is 0. The standard InChI is InChI=1S/C18H19N5O/c24-18(16-8-9-19-21-16)23-10-4-7-14(12-23)17-15(11-20-22-17)13-5-2-1-3-6-13/h1-3,5-6,8-9,11,14H,4,7,10,12H2,(H,19,21)(H,20,22)/t14-/m0/s1. The molecule has 6 heteroatoms. The van der Waals surface area contributed by atoms with Crippen molar-refractivity contribution in [3.8, 4) is 11.1 Å². The number of aromatic nitrogens is 4. The maximum atomic E-state index is 12.6. The van der Waals surface area contributed by atoms with E-state index in [1.165, 1.54) is 0 Å². The molecule has 1 fully saturated rings.